The van der Waals surface area contributed by atoms with Crippen molar-refractivity contribution >= 4 is 23.2 Å². The number of nitrogens with one attached hydrogen (secondary N) is 1. The number of hydrogen-bond donors (Lipinski definition) is 1. The van der Waals surface area contributed by atoms with E-state index in [4.69, 9.17) is 0 Å². The fraction of sp³-hybridized carbons (Fsp3) is 0.643. The van der Waals surface area contributed by atoms with Gasteiger partial charge in [0.1, 0.15) is 12.1 Å². The van der Waals surface area contributed by atoms with Gasteiger partial charge in [-0.15, -0.1) is 11.3 Å². The van der Waals surface area contributed by atoms with Gasteiger partial charge in [-0.25, -0.2) is 4.98 Å². The van der Waals surface area contributed by atoms with Gasteiger partial charge in [-0.3, -0.25) is 9.59 Å². The highest BCUT2D eigenvalue weighted by molar-refractivity contribution is 7.09. The van der Waals surface area contributed by atoms with E-state index in [1.54, 1.807) is 22.4 Å². The number of aromatic nitrogens is 1. The van der Waals surface area contributed by atoms with Crippen molar-refractivity contribution in [2.75, 3.05) is 6.54 Å². The molecule has 1 saturated heterocycles. The van der Waals surface area contributed by atoms with Gasteiger partial charge in [0, 0.05) is 24.5 Å². The number of rotatable bonds is 5. The first kappa shape index (κ1) is 15.0. The Bertz CT molecular complexity index is 473. The topological polar surface area (TPSA) is 62.3 Å². The lowest BCUT2D eigenvalue weighted by Crippen LogP contribution is -2.64. The molecule has 20 heavy (non-hydrogen) atoms. The van der Waals surface area contributed by atoms with Crippen LogP contribution in [0.2, 0.25) is 0 Å². The summed E-state index contributed by atoms with van der Waals surface area (Å²) in [5, 5.41) is 5.75. The summed E-state index contributed by atoms with van der Waals surface area (Å²) in [6.45, 7) is 6.41. The van der Waals surface area contributed by atoms with Crippen molar-refractivity contribution in [3.8, 4) is 0 Å². The lowest BCUT2D eigenvalue weighted by Gasteiger charge is -2.40. The molecule has 2 atom stereocenters. The summed E-state index contributed by atoms with van der Waals surface area (Å²) in [7, 11) is 0. The Morgan fingerprint density at radius 2 is 2.20 bits per heavy atom. The zero-order chi connectivity index (χ0) is 14.7. The van der Waals surface area contributed by atoms with Crippen LogP contribution in [0.4, 0.5) is 0 Å². The molecule has 2 rings (SSSR count). The van der Waals surface area contributed by atoms with Gasteiger partial charge in [0.2, 0.25) is 11.8 Å². The van der Waals surface area contributed by atoms with Gasteiger partial charge in [-0.1, -0.05) is 20.8 Å². The molecule has 0 aromatic carbocycles. The highest BCUT2D eigenvalue weighted by atomic mass is 32.1. The van der Waals surface area contributed by atoms with Crippen molar-refractivity contribution in [2.45, 2.75) is 45.7 Å². The molecule has 1 aliphatic heterocycles. The number of carbonyl (C=O) groups is 2. The number of nitrogens with zero attached hydrogens (tertiary/aromatic N) is 2. The molecule has 0 aliphatic carbocycles. The highest BCUT2D eigenvalue weighted by Gasteiger charge is 2.40. The van der Waals surface area contributed by atoms with Gasteiger partial charge in [0.15, 0.2) is 0 Å². The summed E-state index contributed by atoms with van der Waals surface area (Å²) in [5.74, 6) is 0.0981. The maximum absolute atomic E-state index is 12.5. The van der Waals surface area contributed by atoms with E-state index < -0.39 is 0 Å². The quantitative estimate of drug-likeness (QED) is 0.894. The van der Waals surface area contributed by atoms with Crippen LogP contribution in [0.25, 0.3) is 0 Å². The van der Waals surface area contributed by atoms with E-state index in [-0.39, 0.29) is 29.8 Å². The van der Waals surface area contributed by atoms with E-state index in [1.165, 1.54) is 0 Å². The Labute approximate surface area is 123 Å². The SMILES string of the molecule is CCC1NC(=O)C(C(C)C)N(CCc2nccs2)C1=O. The molecular weight excluding hydrogens is 274 g/mol. The molecule has 0 bridgehead atoms. The van der Waals surface area contributed by atoms with Gasteiger partial charge in [-0.2, -0.15) is 0 Å². The molecule has 2 amide bonds. The van der Waals surface area contributed by atoms with Crippen molar-refractivity contribution in [2.24, 2.45) is 5.92 Å². The van der Waals surface area contributed by atoms with E-state index in [0.29, 0.717) is 19.4 Å². The molecule has 1 aromatic heterocycles. The van der Waals surface area contributed by atoms with Crippen LogP contribution in [0.5, 0.6) is 0 Å². The van der Waals surface area contributed by atoms with Crippen molar-refractivity contribution in [1.29, 1.82) is 0 Å². The van der Waals surface area contributed by atoms with Crippen molar-refractivity contribution < 1.29 is 9.59 Å². The minimum atomic E-state index is -0.381. The van der Waals surface area contributed by atoms with Crippen molar-refractivity contribution in [1.82, 2.24) is 15.2 Å². The van der Waals surface area contributed by atoms with Crippen LogP contribution in [-0.2, 0) is 16.0 Å². The van der Waals surface area contributed by atoms with Crippen LogP contribution in [0, 0.1) is 5.92 Å². The van der Waals surface area contributed by atoms with E-state index in [2.05, 4.69) is 10.3 Å². The van der Waals surface area contributed by atoms with Gasteiger partial charge >= 0.3 is 0 Å². The van der Waals surface area contributed by atoms with Gasteiger partial charge in [0.05, 0.1) is 5.01 Å². The minimum absolute atomic E-state index is 0.0300. The van der Waals surface area contributed by atoms with Crippen LogP contribution in [-0.4, -0.2) is 40.3 Å². The van der Waals surface area contributed by atoms with Crippen LogP contribution in [0.1, 0.15) is 32.2 Å². The number of amides is 2. The number of carbonyl (C=O) groups excluding carboxylic acids is 2. The van der Waals surface area contributed by atoms with Gasteiger partial charge in [0.25, 0.3) is 0 Å². The molecule has 1 fully saturated rings. The maximum Gasteiger partial charge on any atom is 0.245 e. The zero-order valence-corrected chi connectivity index (χ0v) is 12.9. The fourth-order valence-corrected chi connectivity index (χ4v) is 3.19. The summed E-state index contributed by atoms with van der Waals surface area (Å²) >= 11 is 1.58. The predicted molar refractivity (Wildman–Crippen MR) is 78.4 cm³/mol. The summed E-state index contributed by atoms with van der Waals surface area (Å²) < 4.78 is 0. The highest BCUT2D eigenvalue weighted by Crippen LogP contribution is 2.19. The Morgan fingerprint density at radius 1 is 1.45 bits per heavy atom. The lowest BCUT2D eigenvalue weighted by atomic mass is 9.96. The zero-order valence-electron chi connectivity index (χ0n) is 12.1. The standard InChI is InChI=1S/C14H21N3O2S/c1-4-10-14(19)17(7-5-11-15-6-8-20-11)12(9(2)3)13(18)16-10/h6,8-10,12H,4-5,7H2,1-3H3,(H,16,18). The summed E-state index contributed by atoms with van der Waals surface area (Å²) in [4.78, 5) is 30.6. The van der Waals surface area contributed by atoms with Gasteiger partial charge < -0.3 is 10.2 Å². The first-order chi connectivity index (χ1) is 9.54. The molecule has 0 saturated carbocycles. The average Bonchev–Trinajstić information content (AvgIpc) is 2.91. The molecule has 0 spiro atoms. The lowest BCUT2D eigenvalue weighted by molar-refractivity contribution is -0.151. The Kier molecular flexibility index (Phi) is 4.75. The molecular formula is C14H21N3O2S. The number of thiazole rings is 1. The second-order valence-corrected chi connectivity index (χ2v) is 6.34. The Balaban J connectivity index is 2.13. The van der Waals surface area contributed by atoms with E-state index in [1.807, 2.05) is 26.2 Å². The minimum Gasteiger partial charge on any atom is -0.343 e. The smallest absolute Gasteiger partial charge is 0.245 e. The molecule has 1 aromatic rings. The summed E-state index contributed by atoms with van der Waals surface area (Å²) in [6, 6.07) is -0.751. The molecule has 2 unspecified atom stereocenters. The maximum atomic E-state index is 12.5. The predicted octanol–water partition coefficient (Wildman–Crippen LogP) is 1.45. The second kappa shape index (κ2) is 6.35. The third-order valence-electron chi connectivity index (χ3n) is 3.59. The Hall–Kier alpha value is -1.43. The molecule has 1 aliphatic rings. The largest absolute Gasteiger partial charge is 0.343 e. The third kappa shape index (κ3) is 3.00. The van der Waals surface area contributed by atoms with Crippen LogP contribution in [0.3, 0.4) is 0 Å². The summed E-state index contributed by atoms with van der Waals surface area (Å²) in [5.41, 5.74) is 0. The molecule has 0 radical (unpaired) electrons. The second-order valence-electron chi connectivity index (χ2n) is 5.37. The fourth-order valence-electron chi connectivity index (χ4n) is 2.58. The third-order valence-corrected chi connectivity index (χ3v) is 4.43. The summed E-state index contributed by atoms with van der Waals surface area (Å²) in [6.07, 6.45) is 3.10. The molecule has 110 valence electrons. The number of hydrogen-bond acceptors (Lipinski definition) is 4. The monoisotopic (exact) mass is 295 g/mol. The van der Waals surface area contributed by atoms with Crippen LogP contribution < -0.4 is 5.32 Å². The normalized spacial score (nSPS) is 23.3. The first-order valence-corrected chi connectivity index (χ1v) is 7.91. The number of piperazine rings is 1. The van der Waals surface area contributed by atoms with Crippen molar-refractivity contribution in [3.05, 3.63) is 16.6 Å². The van der Waals surface area contributed by atoms with E-state index >= 15 is 0 Å². The van der Waals surface area contributed by atoms with Crippen LogP contribution in [0.15, 0.2) is 11.6 Å². The van der Waals surface area contributed by atoms with Crippen LogP contribution >= 0.6 is 11.3 Å². The first-order valence-electron chi connectivity index (χ1n) is 7.03. The Morgan fingerprint density at radius 3 is 2.75 bits per heavy atom. The molecule has 1 N–H and O–H groups in total. The van der Waals surface area contributed by atoms with Gasteiger partial charge in [-0.05, 0) is 12.3 Å². The molecule has 5 nitrogen and oxygen atoms in total. The molecule has 6 heteroatoms. The van der Waals surface area contributed by atoms with E-state index in [0.717, 1.165) is 5.01 Å². The molecule has 2 heterocycles. The van der Waals surface area contributed by atoms with Crippen molar-refractivity contribution in [3.63, 3.8) is 0 Å². The van der Waals surface area contributed by atoms with E-state index in [9.17, 15) is 9.59 Å². The average molecular weight is 295 g/mol.